The van der Waals surface area contributed by atoms with E-state index >= 15 is 0 Å². The molecule has 2 heterocycles. The van der Waals surface area contributed by atoms with Gasteiger partial charge in [-0.1, -0.05) is 75.8 Å². The fourth-order valence-corrected chi connectivity index (χ4v) is 7.73. The number of amides is 2. The highest BCUT2D eigenvalue weighted by Crippen LogP contribution is 2.52. The van der Waals surface area contributed by atoms with Crippen LogP contribution < -0.4 is 0 Å². The summed E-state index contributed by atoms with van der Waals surface area (Å²) in [6, 6.07) is 7.33. The number of allylic oxidation sites excluding steroid dienone is 2. The number of rotatable bonds is 8. The second-order valence-corrected chi connectivity index (χ2v) is 12.4. The Kier molecular flexibility index (Phi) is 8.68. The second-order valence-electron chi connectivity index (χ2n) is 12.4. The summed E-state index contributed by atoms with van der Waals surface area (Å²) < 4.78 is 6.21. The summed E-state index contributed by atoms with van der Waals surface area (Å²) in [4.78, 5) is 29.3. The van der Waals surface area contributed by atoms with Crippen molar-refractivity contribution in [3.63, 3.8) is 0 Å². The summed E-state index contributed by atoms with van der Waals surface area (Å²) in [6.45, 7) is 6.51. The first-order valence-electron chi connectivity index (χ1n) is 15.2. The molecule has 210 valence electrons. The SMILES string of the molecule is CCC/C(=C\c1cccc(O)c1)CC[C@H]1OB(O)C[C@H]2C1=C(C(C)C)C[C@H]1C(=O)N(C3CCCCC3)C(=O)[C@H]12. The van der Waals surface area contributed by atoms with E-state index in [2.05, 4.69) is 26.8 Å². The molecule has 2 saturated heterocycles. The average Bonchev–Trinajstić information content (AvgIpc) is 3.16. The minimum absolute atomic E-state index is 0.00879. The standard InChI is InChI=1S/C32H44BNO5/c1-4-9-21(16-22-10-8-13-24(35)17-22)14-15-28-29-25(20(2)3)18-26-30(27(29)19-33(38)39-28)32(37)34(31(26)36)23-11-6-5-7-12-23/h8,10,13,16-17,20,23,26-28,30,35,38H,4-7,9,11-12,14-15,18-19H2,1-3H3/b21-16+/t26-,27+,28-,30-/m1/s1. The van der Waals surface area contributed by atoms with Crippen molar-refractivity contribution in [3.8, 4) is 5.75 Å². The van der Waals surface area contributed by atoms with Crippen molar-refractivity contribution in [1.82, 2.24) is 4.90 Å². The van der Waals surface area contributed by atoms with Gasteiger partial charge in [0, 0.05) is 6.04 Å². The molecule has 0 unspecified atom stereocenters. The number of fused-ring (bicyclic) bond motifs is 3. The van der Waals surface area contributed by atoms with Crippen LogP contribution in [0.5, 0.6) is 5.75 Å². The number of phenolic OH excluding ortho intramolecular Hbond substituents is 1. The molecule has 7 heteroatoms. The third-order valence-electron chi connectivity index (χ3n) is 9.45. The van der Waals surface area contributed by atoms with Crippen LogP contribution in [0.25, 0.3) is 6.08 Å². The number of hydrogen-bond donors (Lipinski definition) is 2. The molecule has 6 nitrogen and oxygen atoms in total. The molecule has 0 spiro atoms. The molecule has 0 bridgehead atoms. The van der Waals surface area contributed by atoms with E-state index in [1.54, 1.807) is 17.0 Å². The Morgan fingerprint density at radius 1 is 1.13 bits per heavy atom. The molecule has 1 aromatic carbocycles. The van der Waals surface area contributed by atoms with Crippen molar-refractivity contribution in [2.45, 2.75) is 103 Å². The Bertz CT molecular complexity index is 1140. The van der Waals surface area contributed by atoms with E-state index in [0.29, 0.717) is 12.7 Å². The minimum atomic E-state index is -0.938. The predicted octanol–water partition coefficient (Wildman–Crippen LogP) is 6.14. The van der Waals surface area contributed by atoms with Gasteiger partial charge in [-0.25, -0.2) is 0 Å². The smallest absolute Gasteiger partial charge is 0.455 e. The van der Waals surface area contributed by atoms with Crippen LogP contribution >= 0.6 is 0 Å². The summed E-state index contributed by atoms with van der Waals surface area (Å²) >= 11 is 0. The quantitative estimate of drug-likeness (QED) is 0.238. The van der Waals surface area contributed by atoms with Gasteiger partial charge in [0.15, 0.2) is 0 Å². The van der Waals surface area contributed by atoms with E-state index in [9.17, 15) is 19.7 Å². The summed E-state index contributed by atoms with van der Waals surface area (Å²) in [5.74, 6) is -0.327. The minimum Gasteiger partial charge on any atom is -0.508 e. The number of aromatic hydroxyl groups is 1. The van der Waals surface area contributed by atoms with Gasteiger partial charge in [0.25, 0.3) is 0 Å². The number of imide groups is 1. The maximum Gasteiger partial charge on any atom is 0.455 e. The van der Waals surface area contributed by atoms with Crippen LogP contribution in [0.4, 0.5) is 0 Å². The molecule has 2 amide bonds. The fourth-order valence-electron chi connectivity index (χ4n) is 7.73. The van der Waals surface area contributed by atoms with Crippen molar-refractivity contribution >= 4 is 25.0 Å². The lowest BCUT2D eigenvalue weighted by molar-refractivity contribution is -0.143. The van der Waals surface area contributed by atoms with Crippen LogP contribution in [0, 0.1) is 23.7 Å². The number of nitrogens with zero attached hydrogens (tertiary/aromatic N) is 1. The van der Waals surface area contributed by atoms with E-state index in [-0.39, 0.29) is 53.4 Å². The maximum absolute atomic E-state index is 13.9. The molecule has 39 heavy (non-hydrogen) atoms. The Morgan fingerprint density at radius 3 is 2.59 bits per heavy atom. The zero-order valence-corrected chi connectivity index (χ0v) is 23.8. The van der Waals surface area contributed by atoms with Crippen molar-refractivity contribution in [2.75, 3.05) is 0 Å². The van der Waals surface area contributed by atoms with Crippen LogP contribution in [-0.2, 0) is 14.2 Å². The summed E-state index contributed by atoms with van der Waals surface area (Å²) in [5, 5.41) is 20.8. The Hall–Kier alpha value is -2.38. The molecular formula is C32H44BNO5. The molecule has 0 aromatic heterocycles. The molecule has 4 atom stereocenters. The lowest BCUT2D eigenvalue weighted by atomic mass is 9.57. The van der Waals surface area contributed by atoms with Crippen molar-refractivity contribution in [1.29, 1.82) is 0 Å². The van der Waals surface area contributed by atoms with Crippen LogP contribution in [0.3, 0.4) is 0 Å². The van der Waals surface area contributed by atoms with Gasteiger partial charge in [-0.05, 0) is 80.0 Å². The van der Waals surface area contributed by atoms with Gasteiger partial charge in [0.1, 0.15) is 5.75 Å². The molecule has 1 aromatic rings. The van der Waals surface area contributed by atoms with Gasteiger partial charge < -0.3 is 14.8 Å². The third kappa shape index (κ3) is 5.76. The van der Waals surface area contributed by atoms with Crippen LogP contribution in [-0.4, -0.2) is 46.1 Å². The highest BCUT2D eigenvalue weighted by atomic mass is 16.5. The molecule has 2 aliphatic heterocycles. The van der Waals surface area contributed by atoms with Gasteiger partial charge in [0.2, 0.25) is 11.8 Å². The van der Waals surface area contributed by atoms with Crippen LogP contribution in [0.2, 0.25) is 6.32 Å². The fraction of sp³-hybridized carbons (Fsp3) is 0.625. The zero-order chi connectivity index (χ0) is 27.7. The highest BCUT2D eigenvalue weighted by Gasteiger charge is 2.58. The molecule has 3 fully saturated rings. The van der Waals surface area contributed by atoms with E-state index in [0.717, 1.165) is 56.9 Å². The number of hydrogen-bond acceptors (Lipinski definition) is 5. The molecule has 1 saturated carbocycles. The van der Waals surface area contributed by atoms with Crippen molar-refractivity contribution in [3.05, 3.63) is 46.5 Å². The van der Waals surface area contributed by atoms with Gasteiger partial charge in [-0.15, -0.1) is 0 Å². The Morgan fingerprint density at radius 2 is 1.90 bits per heavy atom. The number of likely N-dealkylation sites (tertiary alicyclic amines) is 1. The van der Waals surface area contributed by atoms with Gasteiger partial charge >= 0.3 is 7.12 Å². The van der Waals surface area contributed by atoms with Crippen LogP contribution in [0.1, 0.15) is 90.5 Å². The third-order valence-corrected chi connectivity index (χ3v) is 9.45. The van der Waals surface area contributed by atoms with E-state index in [1.165, 1.54) is 23.1 Å². The molecule has 4 aliphatic rings. The predicted molar refractivity (Wildman–Crippen MR) is 154 cm³/mol. The molecular weight excluding hydrogens is 489 g/mol. The van der Waals surface area contributed by atoms with Crippen molar-refractivity contribution < 1.29 is 24.4 Å². The summed E-state index contributed by atoms with van der Waals surface area (Å²) in [7, 11) is -0.938. The summed E-state index contributed by atoms with van der Waals surface area (Å²) in [5.41, 5.74) is 4.68. The first kappa shape index (κ1) is 28.2. The number of carbonyl (C=O) groups excluding carboxylic acids is 2. The van der Waals surface area contributed by atoms with E-state index in [4.69, 9.17) is 4.65 Å². The monoisotopic (exact) mass is 533 g/mol. The van der Waals surface area contributed by atoms with Gasteiger partial charge in [-0.2, -0.15) is 0 Å². The lowest BCUT2D eigenvalue weighted by Gasteiger charge is -2.44. The highest BCUT2D eigenvalue weighted by molar-refractivity contribution is 6.43. The first-order valence-corrected chi connectivity index (χ1v) is 15.2. The number of benzene rings is 1. The largest absolute Gasteiger partial charge is 0.508 e. The number of carbonyl (C=O) groups is 2. The molecule has 5 rings (SSSR count). The van der Waals surface area contributed by atoms with E-state index in [1.807, 2.05) is 12.1 Å². The van der Waals surface area contributed by atoms with Gasteiger partial charge in [0.05, 0.1) is 17.9 Å². The molecule has 0 radical (unpaired) electrons. The van der Waals surface area contributed by atoms with Gasteiger partial charge in [-0.3, -0.25) is 14.5 Å². The topological polar surface area (TPSA) is 87.1 Å². The Labute approximate surface area is 233 Å². The summed E-state index contributed by atoms with van der Waals surface area (Å²) in [6.07, 6.45) is 11.5. The zero-order valence-electron chi connectivity index (χ0n) is 23.8. The first-order chi connectivity index (χ1) is 18.8. The normalized spacial score (nSPS) is 28.4. The molecule has 2 aliphatic carbocycles. The Balaban J connectivity index is 1.42. The van der Waals surface area contributed by atoms with Crippen molar-refractivity contribution in [2.24, 2.45) is 23.7 Å². The molecule has 2 N–H and O–H groups in total. The van der Waals surface area contributed by atoms with E-state index < -0.39 is 7.12 Å². The maximum atomic E-state index is 13.9. The van der Waals surface area contributed by atoms with Crippen LogP contribution in [0.15, 0.2) is 41.0 Å². The lowest BCUT2D eigenvalue weighted by Crippen LogP contribution is -2.47. The number of phenols is 1. The second kappa shape index (κ2) is 12.0. The average molecular weight is 534 g/mol.